The van der Waals surface area contributed by atoms with Gasteiger partial charge in [-0.3, -0.25) is 23.5 Å². The molecule has 1 aliphatic heterocycles. The summed E-state index contributed by atoms with van der Waals surface area (Å²) in [7, 11) is 1.65. The van der Waals surface area contributed by atoms with Gasteiger partial charge in [0.05, 0.1) is 5.69 Å². The number of pyridine rings is 2. The number of fused-ring (bicyclic) bond motifs is 1. The topological polar surface area (TPSA) is 128 Å². The Hall–Kier alpha value is -3.22. The number of piperazine rings is 1. The summed E-state index contributed by atoms with van der Waals surface area (Å²) in [4.78, 5) is 29.0. The number of benzene rings is 1. The van der Waals surface area contributed by atoms with E-state index in [1.807, 2.05) is 31.2 Å². The number of nitrogens with one attached hydrogen (secondary N) is 2. The van der Waals surface area contributed by atoms with Gasteiger partial charge in [-0.15, -0.1) is 0 Å². The quantitative estimate of drug-likeness (QED) is 0.356. The predicted octanol–water partition coefficient (Wildman–Crippen LogP) is 2.76. The SMILES string of the molecule is CNc1ncc2cc(-c3ccc(-c4cccc(C)n4)cc3Cl)c(=O)n(C(N3CCNCC3)S(=O)[O-])c2n1. The molecule has 2 N–H and O–H groups in total. The maximum absolute atomic E-state index is 14.0. The van der Waals surface area contributed by atoms with Gasteiger partial charge in [0.1, 0.15) is 0 Å². The van der Waals surface area contributed by atoms with Gasteiger partial charge in [0, 0.05) is 72.2 Å². The molecular formula is C25H25ClN7O3S-. The second kappa shape index (κ2) is 10.6. The largest absolute Gasteiger partial charge is 0.770 e. The Kier molecular flexibility index (Phi) is 7.31. The second-order valence-corrected chi connectivity index (χ2v) is 10.0. The van der Waals surface area contributed by atoms with Gasteiger partial charge in [0.15, 0.2) is 11.1 Å². The molecule has 3 aromatic heterocycles. The summed E-state index contributed by atoms with van der Waals surface area (Å²) < 4.78 is 26.4. The molecule has 1 fully saturated rings. The van der Waals surface area contributed by atoms with Crippen molar-refractivity contribution >= 4 is 39.7 Å². The van der Waals surface area contributed by atoms with E-state index in [1.165, 1.54) is 4.57 Å². The van der Waals surface area contributed by atoms with E-state index in [0.29, 0.717) is 42.2 Å². The van der Waals surface area contributed by atoms with Gasteiger partial charge in [0.2, 0.25) is 5.95 Å². The van der Waals surface area contributed by atoms with Gasteiger partial charge in [-0.05, 0) is 42.3 Å². The maximum atomic E-state index is 14.0. The summed E-state index contributed by atoms with van der Waals surface area (Å²) in [5.41, 5.74) is 1.64. The second-order valence-electron chi connectivity index (χ2n) is 8.69. The lowest BCUT2D eigenvalue weighted by atomic mass is 10.0. The molecule has 1 saturated heterocycles. The van der Waals surface area contributed by atoms with E-state index in [9.17, 15) is 13.6 Å². The summed E-state index contributed by atoms with van der Waals surface area (Å²) >= 11 is 4.07. The van der Waals surface area contributed by atoms with E-state index in [2.05, 4.69) is 25.6 Å². The highest BCUT2D eigenvalue weighted by Crippen LogP contribution is 2.32. The van der Waals surface area contributed by atoms with Gasteiger partial charge >= 0.3 is 0 Å². The molecule has 0 saturated carbocycles. The fourth-order valence-corrected chi connectivity index (χ4v) is 5.61. The molecule has 12 heteroatoms. The molecule has 0 amide bonds. The van der Waals surface area contributed by atoms with Crippen molar-refractivity contribution in [3.8, 4) is 22.4 Å². The minimum atomic E-state index is -2.64. The van der Waals surface area contributed by atoms with E-state index >= 15 is 0 Å². The van der Waals surface area contributed by atoms with Crippen molar-refractivity contribution < 1.29 is 8.76 Å². The molecule has 10 nitrogen and oxygen atoms in total. The highest BCUT2D eigenvalue weighted by Gasteiger charge is 2.28. The first kappa shape index (κ1) is 25.4. The molecular weight excluding hydrogens is 514 g/mol. The number of hydrogen-bond donors (Lipinski definition) is 2. The Labute approximate surface area is 221 Å². The summed E-state index contributed by atoms with van der Waals surface area (Å²) in [5.74, 6) is 0.275. The fourth-order valence-electron chi connectivity index (χ4n) is 4.51. The van der Waals surface area contributed by atoms with Crippen LogP contribution in [0.25, 0.3) is 33.4 Å². The van der Waals surface area contributed by atoms with Gasteiger partial charge < -0.3 is 15.2 Å². The van der Waals surface area contributed by atoms with Crippen molar-refractivity contribution in [1.29, 1.82) is 0 Å². The van der Waals surface area contributed by atoms with E-state index < -0.39 is 22.1 Å². The molecule has 1 aliphatic rings. The van der Waals surface area contributed by atoms with Crippen molar-refractivity contribution in [3.05, 3.63) is 69.7 Å². The summed E-state index contributed by atoms with van der Waals surface area (Å²) in [5, 5.41) is 6.92. The van der Waals surface area contributed by atoms with Crippen LogP contribution in [-0.2, 0) is 11.1 Å². The van der Waals surface area contributed by atoms with Crippen molar-refractivity contribution in [2.45, 2.75) is 12.4 Å². The third kappa shape index (κ3) is 5.00. The molecule has 0 aliphatic carbocycles. The molecule has 0 spiro atoms. The van der Waals surface area contributed by atoms with Crippen LogP contribution in [0.5, 0.6) is 0 Å². The zero-order chi connectivity index (χ0) is 26.1. The Morgan fingerprint density at radius 3 is 2.59 bits per heavy atom. The Bertz CT molecular complexity index is 1560. The van der Waals surface area contributed by atoms with Crippen LogP contribution < -0.4 is 16.2 Å². The highest BCUT2D eigenvalue weighted by molar-refractivity contribution is 7.79. The number of aromatic nitrogens is 4. The zero-order valence-electron chi connectivity index (χ0n) is 20.3. The molecule has 0 radical (unpaired) electrons. The molecule has 2 unspecified atom stereocenters. The number of aryl methyl sites for hydroxylation is 1. The first-order valence-electron chi connectivity index (χ1n) is 11.7. The van der Waals surface area contributed by atoms with Gasteiger partial charge in [0.25, 0.3) is 5.56 Å². The first-order valence-corrected chi connectivity index (χ1v) is 13.3. The third-order valence-corrected chi connectivity index (χ3v) is 7.46. The average molecular weight is 539 g/mol. The van der Waals surface area contributed by atoms with Crippen LogP contribution >= 0.6 is 11.6 Å². The van der Waals surface area contributed by atoms with Crippen molar-refractivity contribution in [1.82, 2.24) is 29.7 Å². The van der Waals surface area contributed by atoms with E-state index in [0.717, 1.165) is 17.0 Å². The first-order chi connectivity index (χ1) is 17.9. The summed E-state index contributed by atoms with van der Waals surface area (Å²) in [6.45, 7) is 4.04. The summed E-state index contributed by atoms with van der Waals surface area (Å²) in [6.07, 6.45) is 1.56. The molecule has 4 heterocycles. The maximum Gasteiger partial charge on any atom is 0.262 e. The average Bonchev–Trinajstić information content (AvgIpc) is 2.90. The van der Waals surface area contributed by atoms with E-state index in [4.69, 9.17) is 11.6 Å². The van der Waals surface area contributed by atoms with E-state index in [-0.39, 0.29) is 17.2 Å². The van der Waals surface area contributed by atoms with Crippen LogP contribution in [0.4, 0.5) is 5.95 Å². The van der Waals surface area contributed by atoms with Gasteiger partial charge in [-0.25, -0.2) is 4.98 Å². The third-order valence-electron chi connectivity index (χ3n) is 6.30. The standard InChI is InChI=1S/C25H26ClN7O3S/c1-15-4-3-5-21(30-15)16-6-7-18(20(26)13-16)19-12-17-14-29-24(27-2)31-22(17)33(23(19)34)25(37(35)36)32-10-8-28-9-11-32/h3-7,12-14,25,28H,8-11H2,1-2H3,(H,35,36)(H,27,29,31)/p-1. The number of rotatable bonds is 6. The molecule has 37 heavy (non-hydrogen) atoms. The van der Waals surface area contributed by atoms with Gasteiger partial charge in [-0.2, -0.15) is 4.98 Å². The van der Waals surface area contributed by atoms with Crippen molar-refractivity contribution in [2.75, 3.05) is 38.5 Å². The van der Waals surface area contributed by atoms with Crippen LogP contribution in [-0.4, -0.2) is 66.4 Å². The Balaban J connectivity index is 1.72. The molecule has 4 aromatic rings. The van der Waals surface area contributed by atoms with Crippen LogP contribution in [0.2, 0.25) is 5.02 Å². The molecule has 192 valence electrons. The zero-order valence-corrected chi connectivity index (χ0v) is 21.8. The number of hydrogen-bond acceptors (Lipinski definition) is 9. The number of anilines is 1. The van der Waals surface area contributed by atoms with Crippen molar-refractivity contribution in [2.24, 2.45) is 0 Å². The minimum Gasteiger partial charge on any atom is -0.770 e. The lowest BCUT2D eigenvalue weighted by molar-refractivity contribution is 0.174. The fraction of sp³-hybridized carbons (Fsp3) is 0.280. The smallest absolute Gasteiger partial charge is 0.262 e. The highest BCUT2D eigenvalue weighted by atomic mass is 35.5. The number of halogens is 1. The van der Waals surface area contributed by atoms with Crippen molar-refractivity contribution in [3.63, 3.8) is 0 Å². The van der Waals surface area contributed by atoms with Crippen LogP contribution in [0.1, 0.15) is 11.2 Å². The van der Waals surface area contributed by atoms with Crippen LogP contribution in [0.3, 0.4) is 0 Å². The normalized spacial score (nSPS) is 16.0. The van der Waals surface area contributed by atoms with Gasteiger partial charge in [-0.1, -0.05) is 29.8 Å². The summed E-state index contributed by atoms with van der Waals surface area (Å²) in [6, 6.07) is 12.7. The lowest BCUT2D eigenvalue weighted by Crippen LogP contribution is -2.49. The van der Waals surface area contributed by atoms with Crippen LogP contribution in [0, 0.1) is 6.92 Å². The molecule has 2 atom stereocenters. The van der Waals surface area contributed by atoms with Crippen LogP contribution in [0.15, 0.2) is 53.5 Å². The molecule has 0 bridgehead atoms. The number of nitrogens with zero attached hydrogens (tertiary/aromatic N) is 5. The molecule has 1 aromatic carbocycles. The Morgan fingerprint density at radius 2 is 1.92 bits per heavy atom. The Morgan fingerprint density at radius 1 is 1.14 bits per heavy atom. The minimum absolute atomic E-state index is 0.220. The predicted molar refractivity (Wildman–Crippen MR) is 144 cm³/mol. The lowest BCUT2D eigenvalue weighted by Gasteiger charge is -2.37. The van der Waals surface area contributed by atoms with E-state index in [1.54, 1.807) is 36.3 Å². The monoisotopic (exact) mass is 538 g/mol. The molecule has 5 rings (SSSR count).